The number of halogens is 1. The summed E-state index contributed by atoms with van der Waals surface area (Å²) < 4.78 is 7.54. The number of allylic oxidation sites excluding steroid dienone is 3. The maximum absolute atomic E-state index is 14.0. The molecule has 2 fully saturated rings. The van der Waals surface area contributed by atoms with Crippen LogP contribution in [0.3, 0.4) is 0 Å². The van der Waals surface area contributed by atoms with E-state index in [9.17, 15) is 9.59 Å². The second-order valence-corrected chi connectivity index (χ2v) is 15.4. The molecule has 290 valence electrons. The Kier molecular flexibility index (Phi) is 12.3. The Labute approximate surface area is 328 Å². The zero-order valence-electron chi connectivity index (χ0n) is 32.2. The molecule has 2 aliphatic heterocycles. The van der Waals surface area contributed by atoms with Gasteiger partial charge in [-0.2, -0.15) is 5.10 Å². The van der Waals surface area contributed by atoms with Crippen molar-refractivity contribution in [3.8, 4) is 0 Å². The number of aromatic nitrogens is 3. The van der Waals surface area contributed by atoms with Crippen LogP contribution < -0.4 is 21.3 Å². The average molecular weight is 765 g/mol. The van der Waals surface area contributed by atoms with Crippen molar-refractivity contribution in [1.29, 1.82) is 0 Å². The number of carbonyl (C=O) groups is 2. The van der Waals surface area contributed by atoms with Gasteiger partial charge in [0.15, 0.2) is 5.65 Å². The predicted molar refractivity (Wildman–Crippen MR) is 219 cm³/mol. The van der Waals surface area contributed by atoms with E-state index in [1.807, 2.05) is 54.2 Å². The monoisotopic (exact) mass is 764 g/mol. The number of nitrogens with zero attached hydrogens (tertiary/aromatic N) is 4. The van der Waals surface area contributed by atoms with Gasteiger partial charge in [-0.15, -0.1) is 0 Å². The summed E-state index contributed by atoms with van der Waals surface area (Å²) in [5, 5.41) is 19.9. The van der Waals surface area contributed by atoms with Gasteiger partial charge in [0.1, 0.15) is 0 Å². The first kappa shape index (κ1) is 38.7. The number of pyridine rings is 1. The summed E-state index contributed by atoms with van der Waals surface area (Å²) in [4.78, 5) is 35.3. The standard InChI is InChI=1S/C43H53ClN8O3/c1-4-38-35(39(49-33-12-19-55-20-13-33)36-26-48-52(5-2)40(36)50-38)25-46-41(53)31-21-29(3)22-32(23-31)42(54)47-27-43(28-51-17-15-45-16-18-51)14-11-37(44)34(24-43)30-9-7-6-8-10-30/h6-11,14,21-23,26,33,45H,4-5,12-13,15-20,24-25,27-28H2,1-3H3,(H,46,53)(H,47,54)(H,49,50). The van der Waals surface area contributed by atoms with Gasteiger partial charge in [0, 0.05) is 104 Å². The van der Waals surface area contributed by atoms with Crippen molar-refractivity contribution >= 4 is 45.7 Å². The number of anilines is 1. The summed E-state index contributed by atoms with van der Waals surface area (Å²) >= 11 is 6.81. The molecule has 1 aliphatic carbocycles. The van der Waals surface area contributed by atoms with Gasteiger partial charge in [0.05, 0.1) is 17.3 Å². The first-order valence-corrected chi connectivity index (χ1v) is 20.1. The molecule has 11 nitrogen and oxygen atoms in total. The predicted octanol–water partition coefficient (Wildman–Crippen LogP) is 6.07. The molecule has 0 saturated carbocycles. The Bertz CT molecular complexity index is 2070. The summed E-state index contributed by atoms with van der Waals surface area (Å²) in [6.45, 7) is 13.4. The number of fused-ring (bicyclic) bond motifs is 1. The maximum atomic E-state index is 14.0. The van der Waals surface area contributed by atoms with Crippen LogP contribution in [0.15, 0.2) is 71.9 Å². The van der Waals surface area contributed by atoms with Crippen LogP contribution in [0.5, 0.6) is 0 Å². The van der Waals surface area contributed by atoms with Crippen LogP contribution in [0, 0.1) is 12.3 Å². The fraction of sp³-hybridized carbons (Fsp3) is 0.442. The van der Waals surface area contributed by atoms with Gasteiger partial charge in [-0.25, -0.2) is 9.67 Å². The first-order valence-electron chi connectivity index (χ1n) is 19.7. The fourth-order valence-electron chi connectivity index (χ4n) is 8.10. The zero-order valence-corrected chi connectivity index (χ0v) is 33.0. The third kappa shape index (κ3) is 8.96. The molecule has 2 aromatic heterocycles. The van der Waals surface area contributed by atoms with Crippen LogP contribution in [-0.4, -0.2) is 90.0 Å². The number of hydrogen-bond donors (Lipinski definition) is 4. The maximum Gasteiger partial charge on any atom is 0.251 e. The number of piperazine rings is 1. The van der Waals surface area contributed by atoms with E-state index in [0.717, 1.165) is 95.3 Å². The highest BCUT2D eigenvalue weighted by Gasteiger charge is 2.35. The third-order valence-corrected chi connectivity index (χ3v) is 11.4. The van der Waals surface area contributed by atoms with Crippen molar-refractivity contribution in [1.82, 2.24) is 35.6 Å². The summed E-state index contributed by atoms with van der Waals surface area (Å²) in [7, 11) is 0. The quantitative estimate of drug-likeness (QED) is 0.129. The topological polar surface area (TPSA) is 125 Å². The van der Waals surface area contributed by atoms with Crippen molar-refractivity contribution in [2.45, 2.75) is 65.6 Å². The molecule has 0 radical (unpaired) electrons. The smallest absolute Gasteiger partial charge is 0.251 e. The largest absolute Gasteiger partial charge is 0.381 e. The van der Waals surface area contributed by atoms with E-state index >= 15 is 0 Å². The minimum atomic E-state index is -0.364. The minimum Gasteiger partial charge on any atom is -0.381 e. The van der Waals surface area contributed by atoms with Gasteiger partial charge in [-0.05, 0) is 80.5 Å². The van der Waals surface area contributed by atoms with Crippen molar-refractivity contribution in [3.05, 3.63) is 105 Å². The van der Waals surface area contributed by atoms with Gasteiger partial charge < -0.3 is 26.0 Å². The van der Waals surface area contributed by atoms with Gasteiger partial charge in [-0.3, -0.25) is 14.5 Å². The second-order valence-electron chi connectivity index (χ2n) is 15.0. The molecule has 2 aromatic carbocycles. The molecule has 4 N–H and O–H groups in total. The molecule has 1 unspecified atom stereocenters. The Morgan fingerprint density at radius 2 is 1.75 bits per heavy atom. The van der Waals surface area contributed by atoms with Crippen LogP contribution >= 0.6 is 11.6 Å². The van der Waals surface area contributed by atoms with Gasteiger partial charge >= 0.3 is 0 Å². The lowest BCUT2D eigenvalue weighted by Gasteiger charge is -2.40. The Morgan fingerprint density at radius 1 is 1.02 bits per heavy atom. The van der Waals surface area contributed by atoms with Crippen molar-refractivity contribution in [2.24, 2.45) is 5.41 Å². The molecule has 0 bridgehead atoms. The molecule has 55 heavy (non-hydrogen) atoms. The number of benzene rings is 2. The van der Waals surface area contributed by atoms with Gasteiger partial charge in [0.2, 0.25) is 0 Å². The molecule has 7 rings (SSSR count). The molecule has 2 saturated heterocycles. The second kappa shape index (κ2) is 17.5. The summed E-state index contributed by atoms with van der Waals surface area (Å²) in [5.74, 6) is -0.467. The molecule has 0 spiro atoms. The molecular formula is C43H53ClN8O3. The Balaban J connectivity index is 1.09. The fourth-order valence-corrected chi connectivity index (χ4v) is 8.34. The first-order chi connectivity index (χ1) is 26.8. The molecule has 2 amide bonds. The third-order valence-electron chi connectivity index (χ3n) is 11.1. The molecule has 1 atom stereocenters. The molecule has 4 aromatic rings. The zero-order chi connectivity index (χ0) is 38.4. The van der Waals surface area contributed by atoms with Crippen LogP contribution in [-0.2, 0) is 24.2 Å². The number of aryl methyl sites for hydroxylation is 3. The lowest BCUT2D eigenvalue weighted by molar-refractivity contribution is 0.0904. The highest BCUT2D eigenvalue weighted by Crippen LogP contribution is 2.41. The van der Waals surface area contributed by atoms with Crippen molar-refractivity contribution in [2.75, 3.05) is 57.8 Å². The summed E-state index contributed by atoms with van der Waals surface area (Å²) in [6.07, 6.45) is 9.24. The lowest BCUT2D eigenvalue weighted by atomic mass is 9.75. The van der Waals surface area contributed by atoms with Crippen molar-refractivity contribution < 1.29 is 14.3 Å². The highest BCUT2D eigenvalue weighted by atomic mass is 35.5. The number of nitrogens with one attached hydrogen (secondary N) is 4. The minimum absolute atomic E-state index is 0.216. The SMILES string of the molecule is CCc1nc2c(cnn2CC)c(NC2CCOCC2)c1CNC(=O)c1cc(C)cc(C(=O)NCC2(CN3CCNCC3)C=CC(Cl)=C(c3ccccc3)C2)c1. The van der Waals surface area contributed by atoms with E-state index in [2.05, 4.69) is 63.3 Å². The number of ether oxygens (including phenoxy) is 1. The lowest BCUT2D eigenvalue weighted by Crippen LogP contribution is -2.51. The number of hydrogen-bond acceptors (Lipinski definition) is 8. The molecular weight excluding hydrogens is 712 g/mol. The van der Waals surface area contributed by atoms with Crippen LogP contribution in [0.25, 0.3) is 16.6 Å². The molecule has 3 aliphatic rings. The van der Waals surface area contributed by atoms with E-state index in [1.165, 1.54) is 0 Å². The van der Waals surface area contributed by atoms with Crippen LogP contribution in [0.1, 0.15) is 76.2 Å². The van der Waals surface area contributed by atoms with E-state index in [-0.39, 0.29) is 29.8 Å². The van der Waals surface area contributed by atoms with E-state index in [4.69, 9.17) is 21.3 Å². The van der Waals surface area contributed by atoms with Gasteiger partial charge in [-0.1, -0.05) is 54.9 Å². The van der Waals surface area contributed by atoms with Crippen LogP contribution in [0.2, 0.25) is 0 Å². The van der Waals surface area contributed by atoms with Crippen LogP contribution in [0.4, 0.5) is 5.69 Å². The number of rotatable bonds is 13. The summed E-state index contributed by atoms with van der Waals surface area (Å²) in [5.41, 5.74) is 7.20. The molecule has 4 heterocycles. The number of carbonyl (C=O) groups excluding carboxylic acids is 2. The van der Waals surface area contributed by atoms with E-state index in [0.29, 0.717) is 50.3 Å². The highest BCUT2D eigenvalue weighted by molar-refractivity contribution is 6.34. The van der Waals surface area contributed by atoms with E-state index < -0.39 is 0 Å². The summed E-state index contributed by atoms with van der Waals surface area (Å²) in [6, 6.07) is 15.8. The van der Waals surface area contributed by atoms with Gasteiger partial charge in [0.25, 0.3) is 11.8 Å². The normalized spacial score (nSPS) is 19.5. The average Bonchev–Trinajstić information content (AvgIpc) is 3.64. The Morgan fingerprint density at radius 3 is 2.45 bits per heavy atom. The van der Waals surface area contributed by atoms with Crippen molar-refractivity contribution in [3.63, 3.8) is 0 Å². The number of amides is 2. The molecule has 12 heteroatoms. The Hall–Kier alpha value is -4.55. The van der Waals surface area contributed by atoms with E-state index in [1.54, 1.807) is 6.07 Å².